The highest BCUT2D eigenvalue weighted by Crippen LogP contribution is 2.23. The zero-order chi connectivity index (χ0) is 15.1. The maximum atomic E-state index is 13.6. The predicted molar refractivity (Wildman–Crippen MR) is 59.7 cm³/mol. The minimum absolute atomic E-state index is 0.0567. The summed E-state index contributed by atoms with van der Waals surface area (Å²) < 4.78 is 64.9. The zero-order valence-electron chi connectivity index (χ0n) is 9.94. The van der Waals surface area contributed by atoms with Crippen LogP contribution in [0.15, 0.2) is 18.5 Å². The molecule has 0 N–H and O–H groups in total. The number of nitrogens with zero attached hydrogens (tertiary/aromatic N) is 5. The first-order chi connectivity index (χ1) is 9.97. The summed E-state index contributed by atoms with van der Waals surface area (Å²) in [4.78, 5) is 10.6. The largest absolute Gasteiger partial charge is 0.335 e. The van der Waals surface area contributed by atoms with Crippen LogP contribution in [0, 0.1) is 17.6 Å². The third-order valence-corrected chi connectivity index (χ3v) is 2.61. The molecule has 3 rings (SSSR count). The molecular weight excluding hydrogens is 297 g/mol. The molecule has 0 saturated heterocycles. The van der Waals surface area contributed by atoms with Crippen LogP contribution in [0.2, 0.25) is 0 Å². The Morgan fingerprint density at radius 3 is 2.48 bits per heavy atom. The van der Waals surface area contributed by atoms with Gasteiger partial charge in [-0.2, -0.15) is 23.0 Å². The number of pyridine rings is 1. The molecule has 0 fully saturated rings. The Balaban J connectivity index is 2.16. The first-order valence-electron chi connectivity index (χ1n) is 5.47. The molecule has 3 aromatic rings. The Labute approximate surface area is 113 Å². The van der Waals surface area contributed by atoms with E-state index in [0.717, 1.165) is 12.4 Å². The lowest BCUT2D eigenvalue weighted by atomic mass is 10.2. The Morgan fingerprint density at radius 2 is 1.76 bits per heavy atom. The summed E-state index contributed by atoms with van der Waals surface area (Å²) in [5.41, 5.74) is -1.09. The molecule has 0 spiro atoms. The molecule has 0 aromatic carbocycles. The van der Waals surface area contributed by atoms with Crippen LogP contribution in [0.1, 0.15) is 6.55 Å². The van der Waals surface area contributed by atoms with Crippen molar-refractivity contribution in [2.24, 2.45) is 0 Å². The van der Waals surface area contributed by atoms with Crippen LogP contribution in [-0.2, 0) is 0 Å². The third kappa shape index (κ3) is 2.18. The average molecular weight is 301 g/mol. The molecule has 0 saturated carbocycles. The lowest BCUT2D eigenvalue weighted by Gasteiger charge is -2.03. The van der Waals surface area contributed by atoms with E-state index in [4.69, 9.17) is 0 Å². The molecule has 5 nitrogen and oxygen atoms in total. The van der Waals surface area contributed by atoms with Gasteiger partial charge in [-0.05, 0) is 0 Å². The molecule has 3 heterocycles. The first-order valence-corrected chi connectivity index (χ1v) is 5.47. The summed E-state index contributed by atoms with van der Waals surface area (Å²) in [7, 11) is 0. The lowest BCUT2D eigenvalue weighted by molar-refractivity contribution is 0.0608. The van der Waals surface area contributed by atoms with Gasteiger partial charge in [-0.3, -0.25) is 0 Å². The second kappa shape index (κ2) is 4.72. The van der Waals surface area contributed by atoms with Crippen LogP contribution in [0.5, 0.6) is 0 Å². The van der Waals surface area contributed by atoms with E-state index >= 15 is 0 Å². The molecule has 3 aromatic heterocycles. The van der Waals surface area contributed by atoms with E-state index < -0.39 is 29.8 Å². The minimum atomic E-state index is -2.92. The molecular formula is C11H4F5N5. The highest BCUT2D eigenvalue weighted by molar-refractivity contribution is 5.72. The van der Waals surface area contributed by atoms with Gasteiger partial charge in [0.25, 0.3) is 0 Å². The summed E-state index contributed by atoms with van der Waals surface area (Å²) >= 11 is 0. The minimum Gasteiger partial charge on any atom is -0.239 e. The standard InChI is InChI=1S/C11H4F5N5/c12-4-1-5(13)9(14)20-8(4)6-2-17-10-7(19-6)3-18-21(10)11(15)16/h1-3,11H. The van der Waals surface area contributed by atoms with Crippen LogP contribution in [0.3, 0.4) is 0 Å². The van der Waals surface area contributed by atoms with E-state index in [9.17, 15) is 22.0 Å². The monoisotopic (exact) mass is 301 g/mol. The van der Waals surface area contributed by atoms with Gasteiger partial charge in [0.2, 0.25) is 5.95 Å². The second-order valence-corrected chi connectivity index (χ2v) is 3.92. The van der Waals surface area contributed by atoms with Gasteiger partial charge >= 0.3 is 6.55 Å². The first kappa shape index (κ1) is 13.3. The number of rotatable bonds is 2. The number of hydrogen-bond donors (Lipinski definition) is 0. The van der Waals surface area contributed by atoms with Gasteiger partial charge in [0.15, 0.2) is 17.3 Å². The van der Waals surface area contributed by atoms with Crippen molar-refractivity contribution in [2.45, 2.75) is 6.55 Å². The maximum absolute atomic E-state index is 13.6. The highest BCUT2D eigenvalue weighted by atomic mass is 19.3. The fraction of sp³-hybridized carbons (Fsp3) is 0.0909. The molecule has 108 valence electrons. The molecule has 10 heteroatoms. The summed E-state index contributed by atoms with van der Waals surface area (Å²) in [6, 6.07) is 0.312. The molecule has 0 aliphatic heterocycles. The van der Waals surface area contributed by atoms with Crippen molar-refractivity contribution in [3.63, 3.8) is 0 Å². The van der Waals surface area contributed by atoms with E-state index in [1.807, 2.05) is 0 Å². The number of aromatic nitrogens is 5. The SMILES string of the molecule is Fc1cc(F)c(-c2cnc3c(cnn3C(F)F)n2)nc1F. The van der Waals surface area contributed by atoms with Crippen LogP contribution in [-0.4, -0.2) is 24.7 Å². The Kier molecular flexibility index (Phi) is 3.00. The normalized spacial score (nSPS) is 11.5. The Morgan fingerprint density at radius 1 is 1.00 bits per heavy atom. The van der Waals surface area contributed by atoms with Gasteiger partial charge in [0.05, 0.1) is 12.4 Å². The van der Waals surface area contributed by atoms with Crippen molar-refractivity contribution in [3.8, 4) is 11.4 Å². The molecule has 0 aliphatic carbocycles. The molecule has 0 radical (unpaired) electrons. The quantitative estimate of drug-likeness (QED) is 0.539. The number of fused-ring (bicyclic) bond motifs is 1. The van der Waals surface area contributed by atoms with Gasteiger partial charge in [0, 0.05) is 6.07 Å². The van der Waals surface area contributed by atoms with Crippen molar-refractivity contribution in [1.82, 2.24) is 24.7 Å². The summed E-state index contributed by atoms with van der Waals surface area (Å²) in [6.07, 6.45) is 1.92. The van der Waals surface area contributed by atoms with Crippen LogP contribution < -0.4 is 0 Å². The van der Waals surface area contributed by atoms with Crippen molar-refractivity contribution in [1.29, 1.82) is 0 Å². The average Bonchev–Trinajstić information content (AvgIpc) is 2.85. The number of hydrogen-bond acceptors (Lipinski definition) is 4. The molecule has 0 amide bonds. The zero-order valence-corrected chi connectivity index (χ0v) is 9.94. The van der Waals surface area contributed by atoms with Crippen molar-refractivity contribution >= 4 is 11.2 Å². The predicted octanol–water partition coefficient (Wildman–Crippen LogP) is 2.70. The van der Waals surface area contributed by atoms with Crippen molar-refractivity contribution in [3.05, 3.63) is 36.0 Å². The van der Waals surface area contributed by atoms with E-state index in [-0.39, 0.29) is 16.9 Å². The van der Waals surface area contributed by atoms with Crippen molar-refractivity contribution in [2.75, 3.05) is 0 Å². The van der Waals surface area contributed by atoms with Gasteiger partial charge < -0.3 is 0 Å². The molecule has 0 atom stereocenters. The molecule has 0 aliphatic rings. The fourth-order valence-electron chi connectivity index (χ4n) is 1.71. The third-order valence-electron chi connectivity index (χ3n) is 2.61. The highest BCUT2D eigenvalue weighted by Gasteiger charge is 2.18. The van der Waals surface area contributed by atoms with E-state index in [0.29, 0.717) is 10.7 Å². The van der Waals surface area contributed by atoms with Crippen LogP contribution >= 0.6 is 0 Å². The number of halogens is 5. The Bertz CT molecular complexity index is 831. The second-order valence-electron chi connectivity index (χ2n) is 3.92. The van der Waals surface area contributed by atoms with Gasteiger partial charge in [-0.15, -0.1) is 0 Å². The molecule has 0 bridgehead atoms. The fourth-order valence-corrected chi connectivity index (χ4v) is 1.71. The van der Waals surface area contributed by atoms with Crippen molar-refractivity contribution < 1.29 is 22.0 Å². The smallest absolute Gasteiger partial charge is 0.239 e. The Hall–Kier alpha value is -2.65. The van der Waals surface area contributed by atoms with E-state index in [1.54, 1.807) is 0 Å². The van der Waals surface area contributed by atoms with E-state index in [2.05, 4.69) is 20.1 Å². The summed E-state index contributed by atoms with van der Waals surface area (Å²) in [6.45, 7) is -2.92. The van der Waals surface area contributed by atoms with Gasteiger partial charge in [0.1, 0.15) is 16.9 Å². The maximum Gasteiger partial charge on any atom is 0.335 e. The molecule has 21 heavy (non-hydrogen) atoms. The van der Waals surface area contributed by atoms with Gasteiger partial charge in [-0.25, -0.2) is 23.7 Å². The summed E-state index contributed by atoms with van der Waals surface area (Å²) in [5.74, 6) is -4.10. The van der Waals surface area contributed by atoms with Crippen LogP contribution in [0.4, 0.5) is 22.0 Å². The van der Waals surface area contributed by atoms with Gasteiger partial charge in [-0.1, -0.05) is 0 Å². The topological polar surface area (TPSA) is 56.5 Å². The van der Waals surface area contributed by atoms with Crippen LogP contribution in [0.25, 0.3) is 22.6 Å². The number of alkyl halides is 2. The lowest BCUT2D eigenvalue weighted by Crippen LogP contribution is -2.02. The van der Waals surface area contributed by atoms with E-state index in [1.165, 1.54) is 0 Å². The molecule has 0 unspecified atom stereocenters. The summed E-state index contributed by atoms with van der Waals surface area (Å²) in [5, 5.41) is 3.38.